The number of pyridine rings is 1. The summed E-state index contributed by atoms with van der Waals surface area (Å²) in [5.41, 5.74) is 9.30. The molecule has 0 aliphatic rings. The molecule has 0 spiro atoms. The minimum Gasteiger partial charge on any atom is -0.397 e. The number of nitrogen functional groups attached to an aromatic ring is 1. The Hall–Kier alpha value is -2.36. The predicted molar refractivity (Wildman–Crippen MR) is 77.2 cm³/mol. The third kappa shape index (κ3) is 3.10. The molecule has 4 nitrogen and oxygen atoms in total. The Labute approximate surface area is 112 Å². The topological polar surface area (TPSA) is 68.0 Å². The minimum absolute atomic E-state index is 0.193. The van der Waals surface area contributed by atoms with E-state index in [9.17, 15) is 4.79 Å². The van der Waals surface area contributed by atoms with E-state index in [4.69, 9.17) is 5.73 Å². The summed E-state index contributed by atoms with van der Waals surface area (Å²) in [6.07, 6.45) is 2.52. The summed E-state index contributed by atoms with van der Waals surface area (Å²) in [5.74, 6) is -0.193. The number of hydrogen-bond acceptors (Lipinski definition) is 3. The number of carbonyl (C=O) groups is 1. The van der Waals surface area contributed by atoms with Gasteiger partial charge in [0.15, 0.2) is 0 Å². The fourth-order valence-corrected chi connectivity index (χ4v) is 1.80. The van der Waals surface area contributed by atoms with Crippen LogP contribution in [0.5, 0.6) is 0 Å². The zero-order chi connectivity index (χ0) is 13.8. The van der Waals surface area contributed by atoms with E-state index < -0.39 is 0 Å². The molecule has 2 aromatic rings. The molecule has 0 fully saturated rings. The second-order valence-corrected chi connectivity index (χ2v) is 4.41. The van der Waals surface area contributed by atoms with Crippen LogP contribution < -0.4 is 11.1 Å². The van der Waals surface area contributed by atoms with Crippen molar-refractivity contribution in [2.45, 2.75) is 20.3 Å². The number of nitrogens with one attached hydrogen (secondary N) is 1. The van der Waals surface area contributed by atoms with Gasteiger partial charge in [0.2, 0.25) is 0 Å². The molecule has 0 radical (unpaired) electrons. The molecule has 19 heavy (non-hydrogen) atoms. The first-order chi connectivity index (χ1) is 9.10. The maximum absolute atomic E-state index is 12.1. The molecule has 0 aliphatic carbocycles. The molecule has 0 aliphatic heterocycles. The highest BCUT2D eigenvalue weighted by Gasteiger charge is 2.10. The number of carbonyl (C=O) groups excluding carboxylic acids is 1. The molecule has 2 rings (SSSR count). The van der Waals surface area contributed by atoms with Crippen LogP contribution in [0.2, 0.25) is 0 Å². The van der Waals surface area contributed by atoms with Gasteiger partial charge in [-0.2, -0.15) is 0 Å². The number of amides is 1. The van der Waals surface area contributed by atoms with E-state index in [1.165, 1.54) is 5.56 Å². The Kier molecular flexibility index (Phi) is 3.80. The summed E-state index contributed by atoms with van der Waals surface area (Å²) < 4.78 is 0. The fourth-order valence-electron chi connectivity index (χ4n) is 1.80. The van der Waals surface area contributed by atoms with Gasteiger partial charge in [-0.05, 0) is 37.1 Å². The standard InChI is InChI=1S/C15H17N3O/c1-3-11-4-6-13(7-5-11)18-15(19)14-8-12(16)9-17-10(14)2/h4-9H,3,16H2,1-2H3,(H,18,19). The lowest BCUT2D eigenvalue weighted by Gasteiger charge is -2.08. The van der Waals surface area contributed by atoms with Gasteiger partial charge in [-0.3, -0.25) is 9.78 Å². The van der Waals surface area contributed by atoms with Gasteiger partial charge < -0.3 is 11.1 Å². The Bertz CT molecular complexity index is 591. The Morgan fingerprint density at radius 2 is 2.00 bits per heavy atom. The van der Waals surface area contributed by atoms with Crippen molar-refractivity contribution in [1.82, 2.24) is 4.98 Å². The number of nitrogens with two attached hydrogens (primary N) is 1. The van der Waals surface area contributed by atoms with Crippen molar-refractivity contribution in [3.05, 3.63) is 53.3 Å². The molecule has 1 aromatic carbocycles. The summed E-state index contributed by atoms with van der Waals surface area (Å²) in [7, 11) is 0. The molecule has 4 heteroatoms. The lowest BCUT2D eigenvalue weighted by atomic mass is 10.1. The van der Waals surface area contributed by atoms with Crippen LogP contribution in [0.3, 0.4) is 0 Å². The molecular formula is C15H17N3O. The summed E-state index contributed by atoms with van der Waals surface area (Å²) in [5, 5.41) is 2.84. The number of benzene rings is 1. The highest BCUT2D eigenvalue weighted by molar-refractivity contribution is 6.05. The highest BCUT2D eigenvalue weighted by atomic mass is 16.1. The summed E-state index contributed by atoms with van der Waals surface area (Å²) in [4.78, 5) is 16.2. The normalized spacial score (nSPS) is 10.2. The molecule has 0 saturated carbocycles. The average molecular weight is 255 g/mol. The first kappa shape index (κ1) is 13.1. The molecule has 0 saturated heterocycles. The average Bonchev–Trinajstić information content (AvgIpc) is 2.42. The predicted octanol–water partition coefficient (Wildman–Crippen LogP) is 2.79. The van der Waals surface area contributed by atoms with Crippen LogP contribution in [0.1, 0.15) is 28.5 Å². The third-order valence-corrected chi connectivity index (χ3v) is 2.97. The van der Waals surface area contributed by atoms with Crippen molar-refractivity contribution >= 4 is 17.3 Å². The number of rotatable bonds is 3. The van der Waals surface area contributed by atoms with Gasteiger partial charge in [-0.15, -0.1) is 0 Å². The van der Waals surface area contributed by atoms with E-state index >= 15 is 0 Å². The molecule has 1 heterocycles. The van der Waals surface area contributed by atoms with Gasteiger partial charge >= 0.3 is 0 Å². The molecule has 0 atom stereocenters. The first-order valence-electron chi connectivity index (χ1n) is 6.22. The summed E-state index contributed by atoms with van der Waals surface area (Å²) >= 11 is 0. The molecule has 0 bridgehead atoms. The van der Waals surface area contributed by atoms with Crippen LogP contribution in [-0.4, -0.2) is 10.9 Å². The molecular weight excluding hydrogens is 238 g/mol. The van der Waals surface area contributed by atoms with Crippen molar-refractivity contribution in [1.29, 1.82) is 0 Å². The van der Waals surface area contributed by atoms with Gasteiger partial charge in [0.1, 0.15) is 0 Å². The van der Waals surface area contributed by atoms with Crippen molar-refractivity contribution in [3.8, 4) is 0 Å². The maximum atomic E-state index is 12.1. The Balaban J connectivity index is 2.18. The van der Waals surface area contributed by atoms with Crippen molar-refractivity contribution in [2.24, 2.45) is 0 Å². The minimum atomic E-state index is -0.193. The molecule has 1 amide bonds. The largest absolute Gasteiger partial charge is 0.397 e. The van der Waals surface area contributed by atoms with E-state index in [1.807, 2.05) is 24.3 Å². The molecule has 0 unspecified atom stereocenters. The van der Waals surface area contributed by atoms with Gasteiger partial charge in [0.25, 0.3) is 5.91 Å². The van der Waals surface area contributed by atoms with E-state index in [1.54, 1.807) is 19.2 Å². The van der Waals surface area contributed by atoms with Gasteiger partial charge in [0, 0.05) is 5.69 Å². The van der Waals surface area contributed by atoms with Crippen LogP contribution in [0.25, 0.3) is 0 Å². The van der Waals surface area contributed by atoms with Crippen LogP contribution in [-0.2, 0) is 6.42 Å². The lowest BCUT2D eigenvalue weighted by Crippen LogP contribution is -2.14. The zero-order valence-electron chi connectivity index (χ0n) is 11.1. The quantitative estimate of drug-likeness (QED) is 0.886. The van der Waals surface area contributed by atoms with Gasteiger partial charge in [-0.1, -0.05) is 19.1 Å². The highest BCUT2D eigenvalue weighted by Crippen LogP contribution is 2.14. The molecule has 1 aromatic heterocycles. The summed E-state index contributed by atoms with van der Waals surface area (Å²) in [6.45, 7) is 3.88. The van der Waals surface area contributed by atoms with E-state index in [-0.39, 0.29) is 5.91 Å². The van der Waals surface area contributed by atoms with Crippen molar-refractivity contribution in [3.63, 3.8) is 0 Å². The number of aromatic nitrogens is 1. The smallest absolute Gasteiger partial charge is 0.257 e. The SMILES string of the molecule is CCc1ccc(NC(=O)c2cc(N)cnc2C)cc1. The second kappa shape index (κ2) is 5.52. The van der Waals surface area contributed by atoms with E-state index in [0.717, 1.165) is 12.1 Å². The Morgan fingerprint density at radius 3 is 2.63 bits per heavy atom. The molecule has 98 valence electrons. The fraction of sp³-hybridized carbons (Fsp3) is 0.200. The van der Waals surface area contributed by atoms with Crippen LogP contribution in [0, 0.1) is 6.92 Å². The van der Waals surface area contributed by atoms with Crippen molar-refractivity contribution < 1.29 is 4.79 Å². The second-order valence-electron chi connectivity index (χ2n) is 4.41. The monoisotopic (exact) mass is 255 g/mol. The van der Waals surface area contributed by atoms with Gasteiger partial charge in [0.05, 0.1) is 23.1 Å². The lowest BCUT2D eigenvalue weighted by molar-refractivity contribution is 0.102. The third-order valence-electron chi connectivity index (χ3n) is 2.97. The van der Waals surface area contributed by atoms with Crippen LogP contribution in [0.15, 0.2) is 36.5 Å². The Morgan fingerprint density at radius 1 is 1.32 bits per heavy atom. The molecule has 3 N–H and O–H groups in total. The first-order valence-corrected chi connectivity index (χ1v) is 6.22. The number of anilines is 2. The van der Waals surface area contributed by atoms with Crippen molar-refractivity contribution in [2.75, 3.05) is 11.1 Å². The number of hydrogen-bond donors (Lipinski definition) is 2. The number of aryl methyl sites for hydroxylation is 2. The van der Waals surface area contributed by atoms with Gasteiger partial charge in [-0.25, -0.2) is 0 Å². The number of nitrogens with zero attached hydrogens (tertiary/aromatic N) is 1. The summed E-state index contributed by atoms with van der Waals surface area (Å²) in [6, 6.07) is 9.43. The van der Waals surface area contributed by atoms with Crippen LogP contribution in [0.4, 0.5) is 11.4 Å². The van der Waals surface area contributed by atoms with Crippen LogP contribution >= 0.6 is 0 Å². The maximum Gasteiger partial charge on any atom is 0.257 e. The van der Waals surface area contributed by atoms with E-state index in [2.05, 4.69) is 17.2 Å². The van der Waals surface area contributed by atoms with E-state index in [0.29, 0.717) is 16.9 Å². The zero-order valence-corrected chi connectivity index (χ0v) is 11.1.